The third kappa shape index (κ3) is 1.83. The second-order valence-corrected chi connectivity index (χ2v) is 2.75. The van der Waals surface area contributed by atoms with E-state index < -0.39 is 23.3 Å². The Morgan fingerprint density at radius 1 is 1.46 bits per heavy atom. The molecule has 0 saturated carbocycles. The first-order valence-electron chi connectivity index (χ1n) is 3.69. The van der Waals surface area contributed by atoms with Gasteiger partial charge in [-0.25, -0.2) is 8.78 Å². The largest absolute Gasteiger partial charge is 0.505 e. The van der Waals surface area contributed by atoms with Crippen LogP contribution >= 0.6 is 0 Å². The van der Waals surface area contributed by atoms with Gasteiger partial charge < -0.3 is 9.90 Å². The molecule has 1 unspecified atom stereocenters. The fourth-order valence-electron chi connectivity index (χ4n) is 1.01. The molecule has 1 aromatic carbocycles. The van der Waals surface area contributed by atoms with Gasteiger partial charge >= 0.3 is 0 Å². The smallest absolute Gasteiger partial charge is 0.168 e. The number of carbonyl (C=O) groups excluding carboxylic acids is 1. The molecule has 0 fully saturated rings. The van der Waals surface area contributed by atoms with Gasteiger partial charge in [-0.15, -0.1) is 0 Å². The second kappa shape index (κ2) is 3.51. The summed E-state index contributed by atoms with van der Waals surface area (Å²) in [4.78, 5) is 10.3. The molecule has 70 valence electrons. The van der Waals surface area contributed by atoms with E-state index in [1.165, 1.54) is 6.92 Å². The van der Waals surface area contributed by atoms with Gasteiger partial charge in [-0.05, 0) is 6.07 Å². The maximum Gasteiger partial charge on any atom is 0.168 e. The number of carbonyl (C=O) groups is 1. The minimum absolute atomic E-state index is 0.0347. The van der Waals surface area contributed by atoms with Crippen LogP contribution in [0.25, 0.3) is 0 Å². The van der Waals surface area contributed by atoms with Gasteiger partial charge in [-0.3, -0.25) is 0 Å². The zero-order valence-corrected chi connectivity index (χ0v) is 6.92. The molecule has 0 aromatic heterocycles. The van der Waals surface area contributed by atoms with Crippen LogP contribution in [-0.2, 0) is 4.79 Å². The highest BCUT2D eigenvalue weighted by Crippen LogP contribution is 2.28. The van der Waals surface area contributed by atoms with Gasteiger partial charge in [0.2, 0.25) is 0 Å². The molecule has 0 bridgehead atoms. The average molecular weight is 186 g/mol. The summed E-state index contributed by atoms with van der Waals surface area (Å²) in [7, 11) is 0. The lowest BCUT2D eigenvalue weighted by Crippen LogP contribution is -1.97. The standard InChI is InChI=1S/C9H8F2O2/c1-5(4-12)7-2-6(10)3-8(11)9(7)13/h2-5,13H,1H3. The monoisotopic (exact) mass is 186 g/mol. The van der Waals surface area contributed by atoms with Crippen molar-refractivity contribution in [3.8, 4) is 5.75 Å². The number of benzene rings is 1. The number of halogens is 2. The number of phenolic OH excluding ortho intramolecular Hbond substituents is 1. The minimum atomic E-state index is -1.05. The van der Waals surface area contributed by atoms with Crippen LogP contribution < -0.4 is 0 Å². The lowest BCUT2D eigenvalue weighted by atomic mass is 10.0. The summed E-state index contributed by atoms with van der Waals surface area (Å²) in [6.45, 7) is 1.45. The molecule has 1 N–H and O–H groups in total. The van der Waals surface area contributed by atoms with E-state index in [4.69, 9.17) is 5.11 Å². The Morgan fingerprint density at radius 2 is 2.08 bits per heavy atom. The van der Waals surface area contributed by atoms with Crippen LogP contribution in [0.5, 0.6) is 5.75 Å². The van der Waals surface area contributed by atoms with Gasteiger partial charge in [-0.2, -0.15) is 0 Å². The Hall–Kier alpha value is -1.45. The minimum Gasteiger partial charge on any atom is -0.505 e. The Morgan fingerprint density at radius 3 is 2.62 bits per heavy atom. The number of hydrogen-bond donors (Lipinski definition) is 1. The topological polar surface area (TPSA) is 37.3 Å². The quantitative estimate of drug-likeness (QED) is 0.717. The molecule has 1 aromatic rings. The summed E-state index contributed by atoms with van der Waals surface area (Å²) in [6.07, 6.45) is 0.508. The van der Waals surface area contributed by atoms with Crippen molar-refractivity contribution in [3.63, 3.8) is 0 Å². The van der Waals surface area contributed by atoms with Crippen LogP contribution in [0.2, 0.25) is 0 Å². The molecule has 0 spiro atoms. The molecule has 0 aliphatic rings. The lowest BCUT2D eigenvalue weighted by Gasteiger charge is -2.07. The Bertz CT molecular complexity index is 337. The van der Waals surface area contributed by atoms with Crippen molar-refractivity contribution in [2.45, 2.75) is 12.8 Å². The molecule has 0 aliphatic heterocycles. The third-order valence-corrected chi connectivity index (χ3v) is 1.75. The maximum absolute atomic E-state index is 12.7. The number of rotatable bonds is 2. The van der Waals surface area contributed by atoms with E-state index in [0.29, 0.717) is 12.4 Å². The summed E-state index contributed by atoms with van der Waals surface area (Å²) in [5.41, 5.74) is -0.0347. The van der Waals surface area contributed by atoms with Gasteiger partial charge in [0.15, 0.2) is 11.6 Å². The SMILES string of the molecule is CC(C=O)c1cc(F)cc(F)c1O. The van der Waals surface area contributed by atoms with E-state index in [1.54, 1.807) is 0 Å². The van der Waals surface area contributed by atoms with Crippen molar-refractivity contribution >= 4 is 6.29 Å². The fourth-order valence-corrected chi connectivity index (χ4v) is 1.01. The number of aldehydes is 1. The summed E-state index contributed by atoms with van der Waals surface area (Å²) in [5.74, 6) is -3.24. The van der Waals surface area contributed by atoms with Gasteiger partial charge in [-0.1, -0.05) is 6.92 Å². The van der Waals surface area contributed by atoms with E-state index in [1.807, 2.05) is 0 Å². The van der Waals surface area contributed by atoms with Gasteiger partial charge in [0.25, 0.3) is 0 Å². The molecular weight excluding hydrogens is 178 g/mol. The highest BCUT2D eigenvalue weighted by molar-refractivity contribution is 5.63. The number of phenols is 1. The summed E-state index contributed by atoms with van der Waals surface area (Å²) < 4.78 is 25.4. The molecule has 1 atom stereocenters. The van der Waals surface area contributed by atoms with Crippen molar-refractivity contribution in [3.05, 3.63) is 29.3 Å². The first kappa shape index (κ1) is 9.64. The lowest BCUT2D eigenvalue weighted by molar-refractivity contribution is -0.108. The Labute approximate surface area is 73.8 Å². The highest BCUT2D eigenvalue weighted by atomic mass is 19.1. The molecule has 0 radical (unpaired) electrons. The van der Waals surface area contributed by atoms with Crippen LogP contribution in [-0.4, -0.2) is 11.4 Å². The normalized spacial score (nSPS) is 12.5. The van der Waals surface area contributed by atoms with E-state index in [-0.39, 0.29) is 5.56 Å². The Kier molecular flexibility index (Phi) is 2.60. The van der Waals surface area contributed by atoms with E-state index >= 15 is 0 Å². The third-order valence-electron chi connectivity index (χ3n) is 1.75. The first-order chi connectivity index (χ1) is 6.06. The fraction of sp³-hybridized carbons (Fsp3) is 0.222. The molecule has 13 heavy (non-hydrogen) atoms. The van der Waals surface area contributed by atoms with E-state index in [2.05, 4.69) is 0 Å². The van der Waals surface area contributed by atoms with Crippen molar-refractivity contribution in [1.82, 2.24) is 0 Å². The molecule has 4 heteroatoms. The van der Waals surface area contributed by atoms with Gasteiger partial charge in [0.1, 0.15) is 12.1 Å². The summed E-state index contributed by atoms with van der Waals surface area (Å²) >= 11 is 0. The van der Waals surface area contributed by atoms with Gasteiger partial charge in [0.05, 0.1) is 0 Å². The summed E-state index contributed by atoms with van der Waals surface area (Å²) in [5, 5.41) is 9.12. The van der Waals surface area contributed by atoms with Crippen LogP contribution in [0.15, 0.2) is 12.1 Å². The van der Waals surface area contributed by atoms with Crippen LogP contribution in [0.1, 0.15) is 18.4 Å². The second-order valence-electron chi connectivity index (χ2n) is 2.75. The number of aromatic hydroxyl groups is 1. The van der Waals surface area contributed by atoms with E-state index in [9.17, 15) is 13.6 Å². The van der Waals surface area contributed by atoms with Crippen molar-refractivity contribution in [2.75, 3.05) is 0 Å². The number of hydrogen-bond acceptors (Lipinski definition) is 2. The van der Waals surface area contributed by atoms with E-state index in [0.717, 1.165) is 6.07 Å². The summed E-state index contributed by atoms with van der Waals surface area (Å²) in [6, 6.07) is 1.51. The predicted octanol–water partition coefficient (Wildman–Crippen LogP) is 1.97. The van der Waals surface area contributed by atoms with Crippen LogP contribution in [0.3, 0.4) is 0 Å². The zero-order chi connectivity index (χ0) is 10.0. The molecule has 1 rings (SSSR count). The average Bonchev–Trinajstić information content (AvgIpc) is 2.10. The molecule has 0 aliphatic carbocycles. The zero-order valence-electron chi connectivity index (χ0n) is 6.92. The Balaban J connectivity index is 3.27. The van der Waals surface area contributed by atoms with Crippen molar-refractivity contribution < 1.29 is 18.7 Å². The molecule has 0 amide bonds. The van der Waals surface area contributed by atoms with Crippen LogP contribution in [0.4, 0.5) is 8.78 Å². The van der Waals surface area contributed by atoms with Crippen molar-refractivity contribution in [2.24, 2.45) is 0 Å². The van der Waals surface area contributed by atoms with Gasteiger partial charge in [0, 0.05) is 17.5 Å². The van der Waals surface area contributed by atoms with Crippen molar-refractivity contribution in [1.29, 1.82) is 0 Å². The molecule has 2 nitrogen and oxygen atoms in total. The first-order valence-corrected chi connectivity index (χ1v) is 3.69. The predicted molar refractivity (Wildman–Crippen MR) is 42.5 cm³/mol. The molecule has 0 heterocycles. The maximum atomic E-state index is 12.7. The van der Waals surface area contributed by atoms with Crippen LogP contribution in [0, 0.1) is 11.6 Å². The molecule has 0 saturated heterocycles. The highest BCUT2D eigenvalue weighted by Gasteiger charge is 2.14. The molecular formula is C9H8F2O2.